The molecule has 0 saturated heterocycles. The van der Waals surface area contributed by atoms with Crippen LogP contribution in [-0.4, -0.2) is 12.1 Å². The molecule has 1 heterocycles. The van der Waals surface area contributed by atoms with Gasteiger partial charge < -0.3 is 9.72 Å². The van der Waals surface area contributed by atoms with Crippen LogP contribution in [0.4, 0.5) is 0 Å². The first-order valence-corrected chi connectivity index (χ1v) is 5.72. The maximum absolute atomic E-state index is 11.8. The third kappa shape index (κ3) is 1.90. The molecular weight excluding hydrogens is 270 g/mol. The number of benzene rings is 1. The summed E-state index contributed by atoms with van der Waals surface area (Å²) in [7, 11) is 1.60. The number of halogens is 1. The number of aryl methyl sites for hydroxylation is 1. The van der Waals surface area contributed by atoms with Crippen LogP contribution in [0.2, 0.25) is 0 Å². The molecule has 1 N–H and O–H groups in total. The molecule has 3 nitrogen and oxygen atoms in total. The lowest BCUT2D eigenvalue weighted by atomic mass is 10.1. The lowest BCUT2D eigenvalue weighted by Crippen LogP contribution is -2.06. The second kappa shape index (κ2) is 4.39. The van der Waals surface area contributed by atoms with Gasteiger partial charge in [-0.1, -0.05) is 6.07 Å². The van der Waals surface area contributed by atoms with Crippen LogP contribution >= 0.6 is 15.9 Å². The normalized spacial score (nSPS) is 10.9. The first-order valence-electron chi connectivity index (χ1n) is 4.93. The Kier molecular flexibility index (Phi) is 3.12. The fourth-order valence-electron chi connectivity index (χ4n) is 1.67. The van der Waals surface area contributed by atoms with Gasteiger partial charge in [-0.25, -0.2) is 0 Å². The number of fused-ring (bicyclic) bond motifs is 1. The van der Waals surface area contributed by atoms with E-state index in [9.17, 15) is 4.79 Å². The summed E-state index contributed by atoms with van der Waals surface area (Å²) in [5, 5.41) is 0.692. The maximum Gasteiger partial charge on any atom is 0.189 e. The van der Waals surface area contributed by atoms with Gasteiger partial charge >= 0.3 is 0 Å². The Morgan fingerprint density at radius 2 is 2.19 bits per heavy atom. The Morgan fingerprint density at radius 1 is 1.44 bits per heavy atom. The molecule has 1 aromatic heterocycles. The van der Waals surface area contributed by atoms with Crippen LogP contribution in [0.5, 0.6) is 0 Å². The highest BCUT2D eigenvalue weighted by Crippen LogP contribution is 2.24. The van der Waals surface area contributed by atoms with E-state index in [2.05, 4.69) is 20.9 Å². The van der Waals surface area contributed by atoms with Crippen molar-refractivity contribution >= 4 is 26.8 Å². The number of hydrogen-bond donors (Lipinski definition) is 1. The Morgan fingerprint density at radius 3 is 2.88 bits per heavy atom. The number of ether oxygens (including phenoxy) is 1. The molecule has 84 valence electrons. The summed E-state index contributed by atoms with van der Waals surface area (Å²) in [5.74, 6) is 0. The van der Waals surface area contributed by atoms with Crippen molar-refractivity contribution in [2.24, 2.45) is 0 Å². The Hall–Kier alpha value is -1.13. The van der Waals surface area contributed by atoms with Crippen molar-refractivity contribution in [3.8, 4) is 0 Å². The van der Waals surface area contributed by atoms with Crippen LogP contribution in [0, 0.1) is 6.92 Å². The van der Waals surface area contributed by atoms with Crippen LogP contribution in [-0.2, 0) is 11.3 Å². The van der Waals surface area contributed by atoms with Crippen LogP contribution in [0.3, 0.4) is 0 Å². The predicted octanol–water partition coefficient (Wildman–Crippen LogP) is 2.75. The molecule has 0 amide bonds. The highest BCUT2D eigenvalue weighted by atomic mass is 79.9. The summed E-state index contributed by atoms with van der Waals surface area (Å²) in [6, 6.07) is 5.34. The zero-order chi connectivity index (χ0) is 11.7. The molecule has 0 spiro atoms. The number of pyridine rings is 1. The van der Waals surface area contributed by atoms with Crippen molar-refractivity contribution in [1.82, 2.24) is 4.98 Å². The van der Waals surface area contributed by atoms with Gasteiger partial charge in [0.15, 0.2) is 5.43 Å². The fraction of sp³-hybridized carbons (Fsp3) is 0.250. The van der Waals surface area contributed by atoms with Crippen molar-refractivity contribution in [3.63, 3.8) is 0 Å². The molecule has 0 aliphatic heterocycles. The fourth-order valence-corrected chi connectivity index (χ4v) is 2.12. The minimum Gasteiger partial charge on any atom is -0.378 e. The number of rotatable bonds is 2. The molecule has 1 aromatic carbocycles. The Bertz CT molecular complexity index is 589. The van der Waals surface area contributed by atoms with Crippen LogP contribution in [0.1, 0.15) is 11.3 Å². The van der Waals surface area contributed by atoms with Gasteiger partial charge in [-0.05, 0) is 34.5 Å². The minimum atomic E-state index is 0.0153. The van der Waals surface area contributed by atoms with Crippen LogP contribution < -0.4 is 5.43 Å². The topological polar surface area (TPSA) is 42.1 Å². The summed E-state index contributed by atoms with van der Waals surface area (Å²) in [6.07, 6.45) is 0. The van der Waals surface area contributed by atoms with Crippen LogP contribution in [0.15, 0.2) is 27.5 Å². The molecule has 4 heteroatoms. The third-order valence-electron chi connectivity index (χ3n) is 2.49. The quantitative estimate of drug-likeness (QED) is 0.920. The number of aromatic amines is 1. The lowest BCUT2D eigenvalue weighted by molar-refractivity contribution is 0.181. The van der Waals surface area contributed by atoms with E-state index in [-0.39, 0.29) is 5.43 Å². The molecule has 2 rings (SSSR count). The van der Waals surface area contributed by atoms with Gasteiger partial charge in [-0.2, -0.15) is 0 Å². The number of H-pyrrole nitrogens is 1. The number of aromatic nitrogens is 1. The van der Waals surface area contributed by atoms with E-state index >= 15 is 0 Å². The number of hydrogen-bond acceptors (Lipinski definition) is 2. The molecule has 0 aliphatic carbocycles. The van der Waals surface area contributed by atoms with E-state index in [1.54, 1.807) is 13.2 Å². The van der Waals surface area contributed by atoms with Gasteiger partial charge in [0.2, 0.25) is 0 Å². The lowest BCUT2D eigenvalue weighted by Gasteiger charge is -2.06. The van der Waals surface area contributed by atoms with Crippen molar-refractivity contribution < 1.29 is 4.74 Å². The molecule has 0 unspecified atom stereocenters. The van der Waals surface area contributed by atoms with E-state index in [0.29, 0.717) is 12.0 Å². The summed E-state index contributed by atoms with van der Waals surface area (Å²) < 4.78 is 5.95. The zero-order valence-corrected chi connectivity index (χ0v) is 10.7. The van der Waals surface area contributed by atoms with Gasteiger partial charge in [0, 0.05) is 28.7 Å². The minimum absolute atomic E-state index is 0.0153. The third-order valence-corrected chi connectivity index (χ3v) is 3.51. The highest BCUT2D eigenvalue weighted by Gasteiger charge is 2.06. The standard InChI is InChI=1S/C12H12BrNO2/c1-7-3-4-9-10(15)5-8(6-16-2)14-12(9)11(7)13/h3-5H,6H2,1-2H3,(H,14,15). The van der Waals surface area contributed by atoms with E-state index in [1.165, 1.54) is 0 Å². The largest absolute Gasteiger partial charge is 0.378 e. The first kappa shape index (κ1) is 11.4. The van der Waals surface area contributed by atoms with Crippen molar-refractivity contribution in [2.75, 3.05) is 7.11 Å². The summed E-state index contributed by atoms with van der Waals surface area (Å²) >= 11 is 3.49. The summed E-state index contributed by atoms with van der Waals surface area (Å²) in [4.78, 5) is 15.0. The number of methoxy groups -OCH3 is 1. The van der Waals surface area contributed by atoms with Gasteiger partial charge in [0.25, 0.3) is 0 Å². The number of nitrogens with one attached hydrogen (secondary N) is 1. The van der Waals surface area contributed by atoms with E-state index < -0.39 is 0 Å². The van der Waals surface area contributed by atoms with Gasteiger partial charge in [-0.3, -0.25) is 4.79 Å². The molecule has 0 atom stereocenters. The Balaban J connectivity index is 2.78. The van der Waals surface area contributed by atoms with E-state index in [1.807, 2.05) is 19.1 Å². The SMILES string of the molecule is COCc1cc(=O)c2ccc(C)c(Br)c2[nH]1. The Labute approximate surface area is 102 Å². The second-order valence-corrected chi connectivity index (χ2v) is 4.50. The average molecular weight is 282 g/mol. The first-order chi connectivity index (χ1) is 7.63. The second-order valence-electron chi connectivity index (χ2n) is 3.71. The molecule has 0 saturated carbocycles. The summed E-state index contributed by atoms with van der Waals surface area (Å²) in [5.41, 5.74) is 2.73. The van der Waals surface area contributed by atoms with Gasteiger partial charge in [-0.15, -0.1) is 0 Å². The molecule has 16 heavy (non-hydrogen) atoms. The smallest absolute Gasteiger partial charge is 0.189 e. The van der Waals surface area contributed by atoms with Crippen molar-refractivity contribution in [1.29, 1.82) is 0 Å². The average Bonchev–Trinajstić information content (AvgIpc) is 2.25. The van der Waals surface area contributed by atoms with Crippen molar-refractivity contribution in [3.05, 3.63) is 44.2 Å². The van der Waals surface area contributed by atoms with Gasteiger partial charge in [0.05, 0.1) is 12.1 Å². The highest BCUT2D eigenvalue weighted by molar-refractivity contribution is 9.10. The summed E-state index contributed by atoms with van der Waals surface area (Å²) in [6.45, 7) is 2.40. The van der Waals surface area contributed by atoms with Crippen molar-refractivity contribution in [2.45, 2.75) is 13.5 Å². The molecule has 0 radical (unpaired) electrons. The van der Waals surface area contributed by atoms with Gasteiger partial charge in [0.1, 0.15) is 0 Å². The molecule has 2 aromatic rings. The predicted molar refractivity (Wildman–Crippen MR) is 67.7 cm³/mol. The molecule has 0 fully saturated rings. The van der Waals surface area contributed by atoms with E-state index in [4.69, 9.17) is 4.74 Å². The van der Waals surface area contributed by atoms with E-state index in [0.717, 1.165) is 21.2 Å². The molecule has 0 aliphatic rings. The van der Waals surface area contributed by atoms with Crippen LogP contribution in [0.25, 0.3) is 10.9 Å². The zero-order valence-electron chi connectivity index (χ0n) is 9.13. The monoisotopic (exact) mass is 281 g/mol. The maximum atomic E-state index is 11.8. The molecule has 0 bridgehead atoms. The molecular formula is C12H12BrNO2.